The van der Waals surface area contributed by atoms with Crippen molar-refractivity contribution in [1.29, 1.82) is 0 Å². The van der Waals surface area contributed by atoms with Crippen molar-refractivity contribution in [3.05, 3.63) is 203 Å². The van der Waals surface area contributed by atoms with Gasteiger partial charge in [-0.25, -0.2) is 9.59 Å². The number of carbonyl (C=O) groups is 7. The van der Waals surface area contributed by atoms with Gasteiger partial charge in [0.05, 0.1) is 57.8 Å². The van der Waals surface area contributed by atoms with Gasteiger partial charge in [-0.05, 0) is 89.6 Å². The van der Waals surface area contributed by atoms with Crippen molar-refractivity contribution < 1.29 is 77.7 Å². The Kier molecular flexibility index (Phi) is 19.2. The first kappa shape index (κ1) is 61.8. The van der Waals surface area contributed by atoms with Gasteiger partial charge in [-0.2, -0.15) is 0 Å². The number of aromatic nitrogens is 2. The molecule has 4 saturated heterocycles. The minimum absolute atomic E-state index is 0. The average Bonchev–Trinajstić information content (AvgIpc) is 1.72. The Morgan fingerprint density at radius 2 is 1.04 bits per heavy atom. The topological polar surface area (TPSA) is 255 Å². The molecule has 5 N–H and O–H groups in total. The fraction of sp³-hybridized carbons (Fsp3) is 0.308. The summed E-state index contributed by atoms with van der Waals surface area (Å²) < 4.78 is 12.0. The van der Waals surface area contributed by atoms with Crippen LogP contribution in [0.25, 0.3) is 22.3 Å². The van der Waals surface area contributed by atoms with Gasteiger partial charge < -0.3 is 50.9 Å². The number of aliphatic carboxylic acids is 1. The van der Waals surface area contributed by atoms with Crippen LogP contribution < -0.4 is 56.3 Å². The number of esters is 1. The van der Waals surface area contributed by atoms with Gasteiger partial charge in [0.1, 0.15) is 11.6 Å². The minimum Gasteiger partial charge on any atom is -0.548 e. The van der Waals surface area contributed by atoms with Crippen molar-refractivity contribution in [3.63, 3.8) is 0 Å². The summed E-state index contributed by atoms with van der Waals surface area (Å²) in [6, 6.07) is 44.3. The molecule has 428 valence electrons. The van der Waals surface area contributed by atoms with Gasteiger partial charge in [-0.3, -0.25) is 29.1 Å². The number of carboxylic acid groups (broad SMARTS) is 1. The summed E-state index contributed by atoms with van der Waals surface area (Å²) in [5.41, 5.74) is 9.45. The van der Waals surface area contributed by atoms with Crippen LogP contribution in [0.2, 0.25) is 0 Å². The summed E-state index contributed by atoms with van der Waals surface area (Å²) in [5, 5.41) is 19.8. The van der Waals surface area contributed by atoms with E-state index >= 15 is 0 Å². The first-order valence-electron chi connectivity index (χ1n) is 27.6. The van der Waals surface area contributed by atoms with E-state index < -0.39 is 88.4 Å². The predicted molar refractivity (Wildman–Crippen MR) is 308 cm³/mol. The molecule has 6 aromatic rings. The van der Waals surface area contributed by atoms with Crippen molar-refractivity contribution in [2.75, 3.05) is 26.2 Å². The first-order valence-corrected chi connectivity index (χ1v) is 27.6. The maximum absolute atomic E-state index is 14.1. The number of amides is 5. The predicted octanol–water partition coefficient (Wildman–Crippen LogP) is 3.30. The SMILES string of the molecule is CC(C)(OC(=O)NCCNC(=O)/C(=C1\C(=O)N2C1CC(C)(C)[C@@H]2C(=O)OC(c1ccccc1)c1ccccc1)c1ccccn1)c1ccc(-c2ccccc2)cc1.CC1(C)CC2/C(=C(/C(=O)NCCN)c3ccccn3)C(=O)N2[C@H]1C(=O)[O-].[Na+]. The number of carboxylic acids is 1. The molecule has 0 saturated carbocycles. The van der Waals surface area contributed by atoms with E-state index in [0.29, 0.717) is 35.4 Å². The van der Waals surface area contributed by atoms with Crippen LogP contribution in [0.3, 0.4) is 0 Å². The fourth-order valence-corrected chi connectivity index (χ4v) is 11.6. The molecular weight excluding hydrogens is 1080 g/mol. The molecule has 0 radical (unpaired) electrons. The number of alkyl carbamates (subject to hydrolysis) is 1. The molecule has 5 amide bonds. The number of nitrogens with zero attached hydrogens (tertiary/aromatic N) is 4. The summed E-state index contributed by atoms with van der Waals surface area (Å²) in [5.74, 6) is -3.62. The number of hydrogen-bond acceptors (Lipinski definition) is 13. The molecule has 10 rings (SSSR count). The number of carbonyl (C=O) groups excluding carboxylic acids is 7. The van der Waals surface area contributed by atoms with E-state index in [-0.39, 0.29) is 66.9 Å². The third-order valence-electron chi connectivity index (χ3n) is 15.6. The van der Waals surface area contributed by atoms with Gasteiger partial charge in [0.2, 0.25) is 0 Å². The molecule has 0 aliphatic carbocycles. The summed E-state index contributed by atoms with van der Waals surface area (Å²) in [6.45, 7) is 11.7. The third kappa shape index (κ3) is 12.9. The van der Waals surface area contributed by atoms with Crippen molar-refractivity contribution in [3.8, 4) is 11.1 Å². The van der Waals surface area contributed by atoms with E-state index in [2.05, 4.69) is 25.9 Å². The standard InChI is InChI=1S/C47H46N4O6.C18H22N4O4.Na/c1-46(2)30-37-39(43(53)51(37)41(46)44(54)56-40(33-18-10-6-11-19-33)34-20-12-7-13-21-34)38(36-22-14-15-27-48-36)42(52)49-28-29-50-45(55)57-47(3,4)35-25-23-32(24-26-35)31-16-8-5-9-17-31;1-18(2)9-11-13(16(24)22(11)14(18)17(25)26)12(15(23)21-8-6-19)10-5-3-4-7-20-10;/h5-27,37,40-41H,28-30H2,1-4H3,(H,49,52)(H,50,55);3-5,7,11,14H,6,8-9,19H2,1-2H3,(H,21,23)(H,25,26);/q;;+1/p-1/b39-38-;13-12-;/t37?,41-;11?,14-;/m00./s1. The number of nitrogens with one attached hydrogen (secondary N) is 3. The molecule has 2 aromatic heterocycles. The number of nitrogens with two attached hydrogens (primary N) is 1. The van der Waals surface area contributed by atoms with Gasteiger partial charge in [-0.1, -0.05) is 155 Å². The molecule has 4 aromatic carbocycles. The maximum atomic E-state index is 14.1. The molecule has 2 unspecified atom stereocenters. The number of β-lactam (4-membered cyclic amide) rings is 2. The second-order valence-electron chi connectivity index (χ2n) is 22.7. The summed E-state index contributed by atoms with van der Waals surface area (Å²) in [7, 11) is 0. The summed E-state index contributed by atoms with van der Waals surface area (Å²) >= 11 is 0. The van der Waals surface area contributed by atoms with Crippen LogP contribution in [-0.4, -0.2) is 112 Å². The van der Waals surface area contributed by atoms with Crippen LogP contribution in [0.4, 0.5) is 4.79 Å². The second-order valence-corrected chi connectivity index (χ2v) is 22.7. The maximum Gasteiger partial charge on any atom is 1.00 e. The molecule has 0 bridgehead atoms. The molecular formula is C65H67N8NaO10. The summed E-state index contributed by atoms with van der Waals surface area (Å²) in [6.07, 6.45) is 2.67. The molecule has 19 heteroatoms. The monoisotopic (exact) mass is 1140 g/mol. The zero-order valence-electron chi connectivity index (χ0n) is 48.2. The van der Waals surface area contributed by atoms with Gasteiger partial charge in [0, 0.05) is 38.6 Å². The van der Waals surface area contributed by atoms with E-state index in [9.17, 15) is 38.7 Å². The smallest absolute Gasteiger partial charge is 0.548 e. The quantitative estimate of drug-likeness (QED) is 0.0337. The van der Waals surface area contributed by atoms with E-state index in [1.54, 1.807) is 61.3 Å². The molecule has 4 fully saturated rings. The van der Waals surface area contributed by atoms with Gasteiger partial charge in [-0.15, -0.1) is 0 Å². The van der Waals surface area contributed by atoms with Gasteiger partial charge in [0.25, 0.3) is 23.6 Å². The van der Waals surface area contributed by atoms with Crippen LogP contribution in [0.15, 0.2) is 175 Å². The van der Waals surface area contributed by atoms with E-state index in [1.807, 2.05) is 143 Å². The van der Waals surface area contributed by atoms with Crippen LogP contribution >= 0.6 is 0 Å². The first-order chi connectivity index (χ1) is 39.7. The van der Waals surface area contributed by atoms with Crippen LogP contribution in [0.1, 0.15) is 88.6 Å². The van der Waals surface area contributed by atoms with Gasteiger partial charge in [0.15, 0.2) is 6.10 Å². The molecule has 4 atom stereocenters. The molecule has 18 nitrogen and oxygen atoms in total. The Morgan fingerprint density at radius 1 is 0.607 bits per heavy atom. The number of benzene rings is 4. The van der Waals surface area contributed by atoms with Crippen LogP contribution in [-0.2, 0) is 43.8 Å². The average molecular weight is 1140 g/mol. The molecule has 84 heavy (non-hydrogen) atoms. The number of ether oxygens (including phenoxy) is 2. The molecule has 6 heterocycles. The summed E-state index contributed by atoms with van der Waals surface area (Å²) in [4.78, 5) is 104. The fourth-order valence-electron chi connectivity index (χ4n) is 11.6. The zero-order chi connectivity index (χ0) is 59.2. The van der Waals surface area contributed by atoms with E-state index in [4.69, 9.17) is 15.2 Å². The zero-order valence-corrected chi connectivity index (χ0v) is 50.2. The van der Waals surface area contributed by atoms with Gasteiger partial charge >= 0.3 is 41.6 Å². The number of hydrogen-bond donors (Lipinski definition) is 4. The number of pyridine rings is 2. The van der Waals surface area contributed by atoms with Crippen molar-refractivity contribution in [2.45, 2.75) is 90.3 Å². The molecule has 4 aliphatic rings. The Morgan fingerprint density at radius 3 is 1.50 bits per heavy atom. The Bertz CT molecular complexity index is 3420. The largest absolute Gasteiger partial charge is 1.00 e. The Labute approximate surface area is 510 Å². The van der Waals surface area contributed by atoms with E-state index in [1.165, 1.54) is 11.1 Å². The molecule has 0 spiro atoms. The number of rotatable bonds is 17. The molecule has 4 aliphatic heterocycles. The number of fused-ring (bicyclic) bond motifs is 2. The normalized spacial score (nSPS) is 20.0. The Balaban J connectivity index is 0.000000285. The second kappa shape index (κ2) is 26.1. The van der Waals surface area contributed by atoms with Crippen molar-refractivity contribution in [1.82, 2.24) is 35.7 Å². The Hall–Kier alpha value is -8.29. The van der Waals surface area contributed by atoms with Crippen LogP contribution in [0.5, 0.6) is 0 Å². The minimum atomic E-state index is -1.28. The third-order valence-corrected chi connectivity index (χ3v) is 15.6. The van der Waals surface area contributed by atoms with Crippen molar-refractivity contribution in [2.24, 2.45) is 16.6 Å². The van der Waals surface area contributed by atoms with Crippen molar-refractivity contribution >= 4 is 52.8 Å². The van der Waals surface area contributed by atoms with E-state index in [0.717, 1.165) is 27.8 Å². The van der Waals surface area contributed by atoms with Crippen LogP contribution in [0, 0.1) is 10.8 Å².